The average molecular weight is 535 g/mol. The summed E-state index contributed by atoms with van der Waals surface area (Å²) < 4.78 is 45.9. The van der Waals surface area contributed by atoms with E-state index in [0.29, 0.717) is 16.5 Å². The lowest BCUT2D eigenvalue weighted by molar-refractivity contribution is -0.137. The molecule has 0 radical (unpaired) electrons. The molecule has 3 amide bonds. The van der Waals surface area contributed by atoms with E-state index in [2.05, 4.69) is 20.9 Å². The van der Waals surface area contributed by atoms with Crippen LogP contribution in [-0.2, 0) is 6.18 Å². The molecular formula is C24H18ClF3N4O3S. The summed E-state index contributed by atoms with van der Waals surface area (Å²) in [4.78, 5) is 28.3. The van der Waals surface area contributed by atoms with Crippen LogP contribution in [0.5, 0.6) is 11.5 Å². The Morgan fingerprint density at radius 1 is 1.03 bits per heavy atom. The number of carbonyl (C=O) groups is 2. The third-order valence-corrected chi connectivity index (χ3v) is 6.59. The minimum absolute atomic E-state index is 0.0489. The maximum atomic E-state index is 13.1. The van der Waals surface area contributed by atoms with E-state index in [1.807, 2.05) is 13.0 Å². The van der Waals surface area contributed by atoms with Crippen LogP contribution in [0.15, 0.2) is 54.7 Å². The number of ether oxygens (including phenoxy) is 1. The number of nitrogens with zero attached hydrogens (tertiary/aromatic N) is 1. The molecule has 0 aliphatic heterocycles. The molecule has 0 atom stereocenters. The van der Waals surface area contributed by atoms with Gasteiger partial charge in [-0.25, -0.2) is 4.79 Å². The highest BCUT2D eigenvalue weighted by Gasteiger charge is 2.33. The van der Waals surface area contributed by atoms with Crippen LogP contribution in [0, 0.1) is 6.92 Å². The molecule has 0 spiro atoms. The van der Waals surface area contributed by atoms with Crippen LogP contribution in [0.25, 0.3) is 10.1 Å². The number of nitrogens with one attached hydrogen (secondary N) is 3. The molecule has 0 aliphatic rings. The zero-order chi connectivity index (χ0) is 26.0. The van der Waals surface area contributed by atoms with Gasteiger partial charge in [-0.1, -0.05) is 11.6 Å². The number of alkyl halides is 3. The number of hydrogen-bond donors (Lipinski definition) is 3. The summed E-state index contributed by atoms with van der Waals surface area (Å²) in [5.41, 5.74) is -0.0884. The normalized spacial score (nSPS) is 11.3. The first-order valence-electron chi connectivity index (χ1n) is 10.4. The molecule has 2 aromatic carbocycles. The molecule has 186 valence electrons. The van der Waals surface area contributed by atoms with E-state index in [9.17, 15) is 22.8 Å². The van der Waals surface area contributed by atoms with Gasteiger partial charge < -0.3 is 15.4 Å². The van der Waals surface area contributed by atoms with Gasteiger partial charge in [0.15, 0.2) is 0 Å². The standard InChI is InChI=1S/C24H18ClF3N4O3S/c1-12-16-5-4-14(35-15-7-8-30-19(10-15)21(33)29-2)11-20(16)36-22(12)32-23(34)31-13-3-6-18(25)17(9-13)24(26,27)28/h3-11H,1-2H3,(H,29,33)(H2,31,32,34). The second-order valence-corrected chi connectivity index (χ2v) is 9.00. The van der Waals surface area contributed by atoms with Crippen molar-refractivity contribution in [2.75, 3.05) is 17.7 Å². The number of thiophene rings is 1. The smallest absolute Gasteiger partial charge is 0.417 e. The molecule has 0 fully saturated rings. The highest BCUT2D eigenvalue weighted by molar-refractivity contribution is 7.23. The maximum absolute atomic E-state index is 13.1. The van der Waals surface area contributed by atoms with Gasteiger partial charge in [0.1, 0.15) is 22.2 Å². The Kier molecular flexibility index (Phi) is 7.04. The van der Waals surface area contributed by atoms with Gasteiger partial charge >= 0.3 is 12.2 Å². The summed E-state index contributed by atoms with van der Waals surface area (Å²) in [5.74, 6) is 0.594. The molecule has 3 N–H and O–H groups in total. The number of rotatable bonds is 5. The van der Waals surface area contributed by atoms with Crippen LogP contribution in [-0.4, -0.2) is 24.0 Å². The van der Waals surface area contributed by atoms with E-state index in [0.717, 1.165) is 27.8 Å². The van der Waals surface area contributed by atoms with Crippen molar-refractivity contribution in [3.05, 3.63) is 76.6 Å². The predicted molar refractivity (Wildman–Crippen MR) is 133 cm³/mol. The van der Waals surface area contributed by atoms with Crippen LogP contribution < -0.4 is 20.7 Å². The van der Waals surface area contributed by atoms with E-state index in [4.69, 9.17) is 16.3 Å². The predicted octanol–water partition coefficient (Wildman–Crippen LogP) is 7.07. The lowest BCUT2D eigenvalue weighted by Gasteiger charge is -2.12. The van der Waals surface area contributed by atoms with Gasteiger partial charge in [0.25, 0.3) is 5.91 Å². The molecule has 12 heteroatoms. The zero-order valence-corrected chi connectivity index (χ0v) is 20.4. The number of anilines is 2. The second-order valence-electron chi connectivity index (χ2n) is 7.54. The number of hydrogen-bond acceptors (Lipinski definition) is 5. The van der Waals surface area contributed by atoms with Gasteiger partial charge in [0, 0.05) is 29.7 Å². The first kappa shape index (κ1) is 25.3. The average Bonchev–Trinajstić information content (AvgIpc) is 3.13. The molecule has 0 unspecified atom stereocenters. The quantitative estimate of drug-likeness (QED) is 0.255. The molecular weight excluding hydrogens is 517 g/mol. The molecule has 0 bridgehead atoms. The van der Waals surface area contributed by atoms with Crippen molar-refractivity contribution < 1.29 is 27.5 Å². The topological polar surface area (TPSA) is 92.4 Å². The monoisotopic (exact) mass is 534 g/mol. The van der Waals surface area contributed by atoms with Gasteiger partial charge in [-0.15, -0.1) is 11.3 Å². The lowest BCUT2D eigenvalue weighted by atomic mass is 10.2. The highest BCUT2D eigenvalue weighted by atomic mass is 35.5. The number of pyridine rings is 1. The van der Waals surface area contributed by atoms with E-state index >= 15 is 0 Å². The van der Waals surface area contributed by atoms with Crippen molar-refractivity contribution in [1.29, 1.82) is 0 Å². The molecule has 2 heterocycles. The van der Waals surface area contributed by atoms with Crippen molar-refractivity contribution in [3.8, 4) is 11.5 Å². The van der Waals surface area contributed by atoms with Gasteiger partial charge in [-0.3, -0.25) is 15.1 Å². The molecule has 0 saturated carbocycles. The van der Waals surface area contributed by atoms with Crippen molar-refractivity contribution in [2.45, 2.75) is 13.1 Å². The molecule has 2 aromatic heterocycles. The van der Waals surface area contributed by atoms with Crippen molar-refractivity contribution in [1.82, 2.24) is 10.3 Å². The number of halogens is 4. The Morgan fingerprint density at radius 3 is 2.50 bits per heavy atom. The summed E-state index contributed by atoms with van der Waals surface area (Å²) in [7, 11) is 1.51. The van der Waals surface area contributed by atoms with Gasteiger partial charge in [-0.2, -0.15) is 13.2 Å². The first-order chi connectivity index (χ1) is 17.0. The van der Waals surface area contributed by atoms with Crippen LogP contribution in [0.2, 0.25) is 5.02 Å². The van der Waals surface area contributed by atoms with E-state index in [1.54, 1.807) is 18.2 Å². The van der Waals surface area contributed by atoms with Gasteiger partial charge in [-0.05, 0) is 60.3 Å². The fourth-order valence-corrected chi connectivity index (χ4v) is 4.69. The summed E-state index contributed by atoms with van der Waals surface area (Å²) in [6, 6.07) is 10.9. The fraction of sp³-hybridized carbons (Fsp3) is 0.125. The number of carbonyl (C=O) groups excluding carboxylic acids is 2. The minimum Gasteiger partial charge on any atom is -0.457 e. The van der Waals surface area contributed by atoms with E-state index < -0.39 is 22.8 Å². The summed E-state index contributed by atoms with van der Waals surface area (Å²) in [6.45, 7) is 1.82. The third kappa shape index (κ3) is 5.52. The fourth-order valence-electron chi connectivity index (χ4n) is 3.34. The van der Waals surface area contributed by atoms with Gasteiger partial charge in [0.2, 0.25) is 0 Å². The Labute approximate surface area is 212 Å². The largest absolute Gasteiger partial charge is 0.457 e. The third-order valence-electron chi connectivity index (χ3n) is 5.09. The number of aryl methyl sites for hydroxylation is 1. The Balaban J connectivity index is 1.51. The van der Waals surface area contributed by atoms with Crippen molar-refractivity contribution in [3.63, 3.8) is 0 Å². The van der Waals surface area contributed by atoms with E-state index in [-0.39, 0.29) is 17.3 Å². The highest BCUT2D eigenvalue weighted by Crippen LogP contribution is 2.39. The van der Waals surface area contributed by atoms with Crippen molar-refractivity contribution >= 4 is 55.7 Å². The van der Waals surface area contributed by atoms with Crippen LogP contribution in [0.1, 0.15) is 21.6 Å². The molecule has 0 aliphatic carbocycles. The minimum atomic E-state index is -4.65. The zero-order valence-electron chi connectivity index (χ0n) is 18.8. The summed E-state index contributed by atoms with van der Waals surface area (Å²) in [5, 5.41) is 8.51. The number of fused-ring (bicyclic) bond motifs is 1. The summed E-state index contributed by atoms with van der Waals surface area (Å²) in [6.07, 6.45) is -3.18. The maximum Gasteiger partial charge on any atom is 0.417 e. The second kappa shape index (κ2) is 10.0. The van der Waals surface area contributed by atoms with Crippen molar-refractivity contribution in [2.24, 2.45) is 0 Å². The van der Waals surface area contributed by atoms with Gasteiger partial charge in [0.05, 0.1) is 10.6 Å². The number of amides is 3. The number of aromatic nitrogens is 1. The lowest BCUT2D eigenvalue weighted by Crippen LogP contribution is -2.19. The molecule has 36 heavy (non-hydrogen) atoms. The Bertz CT molecular complexity index is 1470. The van der Waals surface area contributed by atoms with Crippen LogP contribution in [0.4, 0.5) is 28.7 Å². The number of benzene rings is 2. The number of urea groups is 1. The molecule has 4 aromatic rings. The molecule has 7 nitrogen and oxygen atoms in total. The molecule has 4 rings (SSSR count). The first-order valence-corrected chi connectivity index (χ1v) is 11.6. The van der Waals surface area contributed by atoms with Crippen LogP contribution in [0.3, 0.4) is 0 Å². The Hall–Kier alpha value is -3.83. The van der Waals surface area contributed by atoms with Crippen LogP contribution >= 0.6 is 22.9 Å². The molecule has 0 saturated heterocycles. The Morgan fingerprint density at radius 2 is 1.78 bits per heavy atom. The summed E-state index contributed by atoms with van der Waals surface area (Å²) >= 11 is 6.91. The SMILES string of the molecule is CNC(=O)c1cc(Oc2ccc3c(C)c(NC(=O)Nc4ccc(Cl)c(C(F)(F)F)c4)sc3c2)ccn1. The van der Waals surface area contributed by atoms with E-state index in [1.165, 1.54) is 36.7 Å².